The lowest BCUT2D eigenvalue weighted by Gasteiger charge is -2.28. The Morgan fingerprint density at radius 2 is 1.34 bits per heavy atom. The van der Waals surface area contributed by atoms with Crippen molar-refractivity contribution in [1.82, 2.24) is 19.6 Å². The normalized spacial score (nSPS) is 13.1. The first kappa shape index (κ1) is 43.8. The van der Waals surface area contributed by atoms with Gasteiger partial charge in [-0.15, -0.1) is 0 Å². The van der Waals surface area contributed by atoms with Gasteiger partial charge >= 0.3 is 0 Å². The highest BCUT2D eigenvalue weighted by atomic mass is 16.5. The molecule has 2 aromatic heterocycles. The molecule has 0 saturated carbocycles. The van der Waals surface area contributed by atoms with Crippen LogP contribution in [0.25, 0.3) is 22.5 Å². The molecule has 12 nitrogen and oxygen atoms in total. The van der Waals surface area contributed by atoms with Crippen LogP contribution >= 0.6 is 0 Å². The van der Waals surface area contributed by atoms with Crippen LogP contribution in [-0.2, 0) is 26.0 Å². The molecule has 6 rings (SSSR count). The smallest absolute Gasteiger partial charge is 0.267 e. The summed E-state index contributed by atoms with van der Waals surface area (Å²) in [6.45, 7) is 14.5. The van der Waals surface area contributed by atoms with Crippen LogP contribution in [-0.4, -0.2) is 52.0 Å². The van der Waals surface area contributed by atoms with Gasteiger partial charge in [-0.25, -0.2) is 9.36 Å². The summed E-state index contributed by atoms with van der Waals surface area (Å²) in [7, 11) is 1.58. The van der Waals surface area contributed by atoms with Crippen LogP contribution in [0.1, 0.15) is 72.1 Å². The average molecular weight is 823 g/mol. The van der Waals surface area contributed by atoms with Gasteiger partial charge in [-0.2, -0.15) is 10.2 Å². The van der Waals surface area contributed by atoms with E-state index in [9.17, 15) is 19.2 Å². The highest BCUT2D eigenvalue weighted by molar-refractivity contribution is 5.93. The van der Waals surface area contributed by atoms with Crippen molar-refractivity contribution in [3.8, 4) is 34.0 Å². The van der Waals surface area contributed by atoms with E-state index in [1.807, 2.05) is 91.0 Å². The van der Waals surface area contributed by atoms with Crippen molar-refractivity contribution in [1.29, 1.82) is 0 Å². The molecule has 0 aliphatic rings. The highest BCUT2D eigenvalue weighted by Gasteiger charge is 2.29. The predicted octanol–water partition coefficient (Wildman–Crippen LogP) is 8.41. The first-order valence-electron chi connectivity index (χ1n) is 20.3. The van der Waals surface area contributed by atoms with Gasteiger partial charge in [0.15, 0.2) is 0 Å². The molecular weight excluding hydrogens is 769 g/mol. The maximum absolute atomic E-state index is 13.2. The molecule has 0 bridgehead atoms. The Bertz CT molecular complexity index is 2630. The average Bonchev–Trinajstić information content (AvgIpc) is 3.25. The lowest BCUT2D eigenvalue weighted by atomic mass is 9.81. The van der Waals surface area contributed by atoms with Crippen LogP contribution < -0.4 is 31.2 Å². The van der Waals surface area contributed by atoms with Gasteiger partial charge in [-0.05, 0) is 103 Å². The summed E-state index contributed by atoms with van der Waals surface area (Å²) in [6, 6.07) is 35.8. The van der Waals surface area contributed by atoms with Gasteiger partial charge in [0.25, 0.3) is 11.1 Å². The van der Waals surface area contributed by atoms with Gasteiger partial charge in [-0.3, -0.25) is 14.4 Å². The van der Waals surface area contributed by atoms with Crippen LogP contribution in [0.15, 0.2) is 131 Å². The minimum absolute atomic E-state index is 0.0131. The molecule has 4 aromatic carbocycles. The largest absolute Gasteiger partial charge is 0.497 e. The number of ether oxygens (including phenoxy) is 2. The number of hydrogen-bond donors (Lipinski definition) is 2. The van der Waals surface area contributed by atoms with Gasteiger partial charge in [0.1, 0.15) is 29.4 Å². The molecule has 2 atom stereocenters. The second-order valence-electron chi connectivity index (χ2n) is 17.1. The first-order chi connectivity index (χ1) is 29.0. The summed E-state index contributed by atoms with van der Waals surface area (Å²) >= 11 is 0. The minimum Gasteiger partial charge on any atom is -0.497 e. The van der Waals surface area contributed by atoms with Gasteiger partial charge in [0.05, 0.1) is 25.1 Å². The molecule has 61 heavy (non-hydrogen) atoms. The zero-order chi connectivity index (χ0) is 44.0. The maximum atomic E-state index is 13.2. The van der Waals surface area contributed by atoms with Crippen molar-refractivity contribution in [2.75, 3.05) is 30.9 Å². The number of carbonyl (C=O) groups excluding carboxylic acids is 2. The van der Waals surface area contributed by atoms with Crippen LogP contribution in [0.5, 0.6) is 11.5 Å². The lowest BCUT2D eigenvalue weighted by molar-refractivity contribution is -0.119. The summed E-state index contributed by atoms with van der Waals surface area (Å²) in [5, 5.41) is 15.4. The molecule has 0 saturated heterocycles. The van der Waals surface area contributed by atoms with E-state index in [0.717, 1.165) is 34.2 Å². The van der Waals surface area contributed by atoms with Gasteiger partial charge in [0, 0.05) is 41.2 Å². The number of aldehydes is 1. The molecule has 12 heteroatoms. The first-order valence-corrected chi connectivity index (χ1v) is 20.3. The fourth-order valence-corrected chi connectivity index (χ4v) is 6.79. The Hall–Kier alpha value is -6.82. The van der Waals surface area contributed by atoms with Crippen molar-refractivity contribution in [3.05, 3.63) is 153 Å². The maximum Gasteiger partial charge on any atom is 0.267 e. The third-order valence-electron chi connectivity index (χ3n) is 10.9. The van der Waals surface area contributed by atoms with E-state index in [1.165, 1.54) is 21.5 Å². The Morgan fingerprint density at radius 1 is 0.721 bits per heavy atom. The van der Waals surface area contributed by atoms with Gasteiger partial charge < -0.3 is 24.9 Å². The third kappa shape index (κ3) is 10.5. The number of aromatic nitrogens is 4. The summed E-state index contributed by atoms with van der Waals surface area (Å²) < 4.78 is 14.0. The van der Waals surface area contributed by atoms with Crippen molar-refractivity contribution in [2.45, 2.75) is 77.3 Å². The summed E-state index contributed by atoms with van der Waals surface area (Å²) in [6.07, 6.45) is 1.42. The fraction of sp³-hybridized carbons (Fsp3) is 0.306. The number of carbonyl (C=O) groups is 2. The minimum atomic E-state index is -1.28. The van der Waals surface area contributed by atoms with Crippen LogP contribution in [0.3, 0.4) is 0 Å². The van der Waals surface area contributed by atoms with E-state index in [0.29, 0.717) is 41.6 Å². The second kappa shape index (κ2) is 18.2. The molecule has 0 radical (unpaired) electrons. The van der Waals surface area contributed by atoms with E-state index < -0.39 is 17.1 Å². The number of anilines is 2. The van der Waals surface area contributed by atoms with E-state index in [2.05, 4.69) is 61.5 Å². The molecule has 2 heterocycles. The Balaban J connectivity index is 1.08. The molecule has 0 fully saturated rings. The Kier molecular flexibility index (Phi) is 13.1. The molecule has 2 unspecified atom stereocenters. The number of methoxy groups -OCH3 is 1. The summed E-state index contributed by atoms with van der Waals surface area (Å²) in [4.78, 5) is 51.7. The number of hydrogen-bond acceptors (Lipinski definition) is 9. The molecule has 2 N–H and O–H groups in total. The highest BCUT2D eigenvalue weighted by Crippen LogP contribution is 2.31. The number of benzene rings is 4. The quantitative estimate of drug-likeness (QED) is 0.0919. The number of nitrogens with one attached hydrogen (secondary N) is 2. The molecule has 6 aromatic rings. The Labute approximate surface area is 356 Å². The zero-order valence-electron chi connectivity index (χ0n) is 36.1. The standard InChI is InChI=1S/C49H54N6O6/c1-33(46(59)51-38-20-18-36(19-21-38)47(2,3)4)54-44(57)24-22-42(52-54)35-13-10-17-41(29-35)61-27-26-48(5,6)37-14-11-15-39(30-37)50-31-49(7,32-56)55-45(58)25-23-43(53-55)34-12-9-16-40(28-34)60-8/h9-25,28-30,32-33,50H,26-27,31H2,1-8H3,(H,51,59). The number of amides is 1. The van der Waals surface area contributed by atoms with Gasteiger partial charge in [0.2, 0.25) is 5.91 Å². The predicted molar refractivity (Wildman–Crippen MR) is 241 cm³/mol. The molecule has 0 aliphatic carbocycles. The van der Waals surface area contributed by atoms with Crippen molar-refractivity contribution in [2.24, 2.45) is 0 Å². The molecular formula is C49H54N6O6. The molecule has 316 valence electrons. The number of nitrogens with zero attached hydrogens (tertiary/aromatic N) is 4. The SMILES string of the molecule is COc1cccc(-c2ccc(=O)n(C(C)(C=O)CNc3cccc(C(C)(C)CCOc4cccc(-c5ccc(=O)n(C(C)C(=O)Nc6ccc(C(C)(C)C)cc6)n5)c4)c3)n2)c1. The summed E-state index contributed by atoms with van der Waals surface area (Å²) in [5.74, 6) is 0.945. The van der Waals surface area contributed by atoms with E-state index >= 15 is 0 Å². The third-order valence-corrected chi connectivity index (χ3v) is 10.9. The van der Waals surface area contributed by atoms with E-state index in [1.54, 1.807) is 33.1 Å². The lowest BCUT2D eigenvalue weighted by Crippen LogP contribution is -2.46. The molecule has 0 aliphatic heterocycles. The fourth-order valence-electron chi connectivity index (χ4n) is 6.79. The van der Waals surface area contributed by atoms with Crippen LogP contribution in [0.2, 0.25) is 0 Å². The van der Waals surface area contributed by atoms with E-state index in [-0.39, 0.29) is 28.8 Å². The molecule has 1 amide bonds. The summed E-state index contributed by atoms with van der Waals surface area (Å²) in [5.41, 5.74) is 3.84. The molecule has 0 spiro atoms. The monoisotopic (exact) mass is 822 g/mol. The second-order valence-corrected chi connectivity index (χ2v) is 17.1. The van der Waals surface area contributed by atoms with Gasteiger partial charge in [-0.1, -0.05) is 83.1 Å². The number of rotatable bonds is 16. The zero-order valence-corrected chi connectivity index (χ0v) is 36.1. The topological polar surface area (TPSA) is 146 Å². The van der Waals surface area contributed by atoms with Crippen molar-refractivity contribution in [3.63, 3.8) is 0 Å². The van der Waals surface area contributed by atoms with Crippen LogP contribution in [0.4, 0.5) is 11.4 Å². The van der Waals surface area contributed by atoms with Crippen molar-refractivity contribution >= 4 is 23.6 Å². The Morgan fingerprint density at radius 3 is 2.00 bits per heavy atom. The van der Waals surface area contributed by atoms with Crippen LogP contribution in [0, 0.1) is 0 Å². The van der Waals surface area contributed by atoms with E-state index in [4.69, 9.17) is 9.47 Å². The van der Waals surface area contributed by atoms with Crippen molar-refractivity contribution < 1.29 is 19.1 Å².